The molecular formula is C23H24N4O7. The monoisotopic (exact) mass is 468 g/mol. The van der Waals surface area contributed by atoms with E-state index < -0.39 is 23.8 Å². The number of rotatable bonds is 10. The van der Waals surface area contributed by atoms with Crippen LogP contribution in [0.15, 0.2) is 59.1 Å². The van der Waals surface area contributed by atoms with Crippen LogP contribution in [0.2, 0.25) is 0 Å². The van der Waals surface area contributed by atoms with Crippen molar-refractivity contribution in [3.63, 3.8) is 0 Å². The van der Waals surface area contributed by atoms with Crippen LogP contribution in [0.4, 0.5) is 0 Å². The second kappa shape index (κ2) is 11.6. The van der Waals surface area contributed by atoms with Gasteiger partial charge < -0.3 is 25.0 Å². The first kappa shape index (κ1) is 24.4. The molecule has 11 heteroatoms. The van der Waals surface area contributed by atoms with Crippen molar-refractivity contribution in [3.05, 3.63) is 71.6 Å². The quantitative estimate of drug-likeness (QED) is 0.167. The van der Waals surface area contributed by atoms with Gasteiger partial charge >= 0.3 is 0 Å². The SMILES string of the molecule is Cc1cc(CNC(=O)C(NC(=O)c2ccc(-c3ccc(OCCO)cc3)cc2)C(=O)NO)no1. The van der Waals surface area contributed by atoms with E-state index in [2.05, 4.69) is 15.8 Å². The molecule has 3 aromatic rings. The maximum absolute atomic E-state index is 12.6. The van der Waals surface area contributed by atoms with E-state index in [1.807, 2.05) is 12.1 Å². The summed E-state index contributed by atoms with van der Waals surface area (Å²) in [7, 11) is 0. The van der Waals surface area contributed by atoms with Crippen molar-refractivity contribution in [2.75, 3.05) is 13.2 Å². The third-order valence-electron chi connectivity index (χ3n) is 4.73. The number of aryl methyl sites for hydroxylation is 1. The fourth-order valence-electron chi connectivity index (χ4n) is 3.03. The van der Waals surface area contributed by atoms with Crippen molar-refractivity contribution in [1.82, 2.24) is 21.3 Å². The third kappa shape index (κ3) is 6.40. The number of aliphatic hydroxyl groups is 1. The first-order valence-corrected chi connectivity index (χ1v) is 10.3. The number of aliphatic hydroxyl groups excluding tert-OH is 1. The molecule has 0 aliphatic rings. The van der Waals surface area contributed by atoms with Crippen molar-refractivity contribution >= 4 is 17.7 Å². The standard InChI is InChI=1S/C23H24N4O7/c1-14-12-18(27-34-14)13-24-22(30)20(23(31)26-32)25-21(29)17-4-2-15(3-5-17)16-6-8-19(9-7-16)33-11-10-28/h2-9,12,20,28,32H,10-11,13H2,1H3,(H,24,30)(H,25,29)(H,26,31). The summed E-state index contributed by atoms with van der Waals surface area (Å²) in [5.41, 5.74) is 3.73. The topological polar surface area (TPSA) is 163 Å². The lowest BCUT2D eigenvalue weighted by Gasteiger charge is -2.16. The van der Waals surface area contributed by atoms with Gasteiger partial charge in [-0.2, -0.15) is 0 Å². The van der Waals surface area contributed by atoms with Gasteiger partial charge in [0.25, 0.3) is 17.7 Å². The van der Waals surface area contributed by atoms with Gasteiger partial charge in [0.1, 0.15) is 23.8 Å². The molecular weight excluding hydrogens is 444 g/mol. The molecule has 0 bridgehead atoms. The third-order valence-corrected chi connectivity index (χ3v) is 4.73. The van der Waals surface area contributed by atoms with Crippen molar-refractivity contribution in [3.8, 4) is 16.9 Å². The molecule has 1 aromatic heterocycles. The van der Waals surface area contributed by atoms with Gasteiger partial charge in [-0.25, -0.2) is 5.48 Å². The molecule has 1 atom stereocenters. The summed E-state index contributed by atoms with van der Waals surface area (Å²) in [5, 5.41) is 26.3. The van der Waals surface area contributed by atoms with E-state index in [1.54, 1.807) is 49.4 Å². The molecule has 34 heavy (non-hydrogen) atoms. The Morgan fingerprint density at radius 3 is 2.24 bits per heavy atom. The second-order valence-corrected chi connectivity index (χ2v) is 7.20. The van der Waals surface area contributed by atoms with Gasteiger partial charge in [-0.3, -0.25) is 19.6 Å². The average Bonchev–Trinajstić information content (AvgIpc) is 3.29. The Kier molecular flexibility index (Phi) is 8.32. The van der Waals surface area contributed by atoms with Crippen LogP contribution in [0.5, 0.6) is 5.75 Å². The van der Waals surface area contributed by atoms with E-state index in [0.717, 1.165) is 11.1 Å². The highest BCUT2D eigenvalue weighted by atomic mass is 16.5. The molecule has 3 rings (SSSR count). The summed E-state index contributed by atoms with van der Waals surface area (Å²) in [6, 6.07) is 13.7. The fourth-order valence-corrected chi connectivity index (χ4v) is 3.03. The zero-order valence-electron chi connectivity index (χ0n) is 18.3. The number of aromatic nitrogens is 1. The van der Waals surface area contributed by atoms with Crippen LogP contribution in [0, 0.1) is 6.92 Å². The number of carbonyl (C=O) groups excluding carboxylic acids is 3. The van der Waals surface area contributed by atoms with Gasteiger partial charge in [-0.05, 0) is 42.3 Å². The van der Waals surface area contributed by atoms with Gasteiger partial charge in [-0.1, -0.05) is 29.4 Å². The Morgan fingerprint density at radius 2 is 1.68 bits per heavy atom. The van der Waals surface area contributed by atoms with Crippen molar-refractivity contribution in [2.45, 2.75) is 19.5 Å². The number of nitrogens with one attached hydrogen (secondary N) is 3. The highest BCUT2D eigenvalue weighted by Crippen LogP contribution is 2.23. The molecule has 11 nitrogen and oxygen atoms in total. The molecule has 1 heterocycles. The van der Waals surface area contributed by atoms with E-state index in [9.17, 15) is 14.4 Å². The number of benzene rings is 2. The summed E-state index contributed by atoms with van der Waals surface area (Å²) in [4.78, 5) is 37.0. The van der Waals surface area contributed by atoms with E-state index >= 15 is 0 Å². The van der Waals surface area contributed by atoms with Crippen LogP contribution in [0.1, 0.15) is 21.8 Å². The minimum Gasteiger partial charge on any atom is -0.491 e. The molecule has 2 aromatic carbocycles. The van der Waals surface area contributed by atoms with Gasteiger partial charge in [0, 0.05) is 11.6 Å². The summed E-state index contributed by atoms with van der Waals surface area (Å²) in [6.07, 6.45) is 0. The number of hydrogen-bond donors (Lipinski definition) is 5. The van der Waals surface area contributed by atoms with E-state index in [4.69, 9.17) is 19.6 Å². The Bertz CT molecular complexity index is 1130. The van der Waals surface area contributed by atoms with Crippen LogP contribution >= 0.6 is 0 Å². The lowest BCUT2D eigenvalue weighted by Crippen LogP contribution is -2.54. The minimum atomic E-state index is -1.67. The Balaban J connectivity index is 1.64. The van der Waals surface area contributed by atoms with Crippen LogP contribution in [-0.2, 0) is 16.1 Å². The fraction of sp³-hybridized carbons (Fsp3) is 0.217. The molecule has 0 saturated heterocycles. The summed E-state index contributed by atoms with van der Waals surface area (Å²) < 4.78 is 10.2. The van der Waals surface area contributed by atoms with Gasteiger partial charge in [0.05, 0.1) is 13.2 Å². The summed E-state index contributed by atoms with van der Waals surface area (Å²) in [6.45, 7) is 1.79. The minimum absolute atomic E-state index is 0.0280. The lowest BCUT2D eigenvalue weighted by atomic mass is 10.0. The molecule has 0 radical (unpaired) electrons. The zero-order chi connectivity index (χ0) is 24.5. The normalized spacial score (nSPS) is 11.4. The molecule has 3 amide bonds. The molecule has 1 unspecified atom stereocenters. The smallest absolute Gasteiger partial charge is 0.275 e. The molecule has 0 aliphatic heterocycles. The largest absolute Gasteiger partial charge is 0.491 e. The first-order chi connectivity index (χ1) is 16.4. The number of hydrogen-bond acceptors (Lipinski definition) is 8. The van der Waals surface area contributed by atoms with Crippen LogP contribution in [0.25, 0.3) is 11.1 Å². The number of carbonyl (C=O) groups is 3. The average molecular weight is 468 g/mol. The van der Waals surface area contributed by atoms with E-state index in [1.165, 1.54) is 5.48 Å². The Labute approximate surface area is 194 Å². The summed E-state index contributed by atoms with van der Waals surface area (Å²) >= 11 is 0. The second-order valence-electron chi connectivity index (χ2n) is 7.20. The maximum Gasteiger partial charge on any atom is 0.275 e. The van der Waals surface area contributed by atoms with Crippen molar-refractivity contribution in [2.24, 2.45) is 0 Å². The Hall–Kier alpha value is -4.22. The lowest BCUT2D eigenvalue weighted by molar-refractivity contribution is -0.137. The van der Waals surface area contributed by atoms with Crippen LogP contribution in [0.3, 0.4) is 0 Å². The van der Waals surface area contributed by atoms with E-state index in [0.29, 0.717) is 17.2 Å². The van der Waals surface area contributed by atoms with Gasteiger partial charge in [-0.15, -0.1) is 0 Å². The van der Waals surface area contributed by atoms with Gasteiger partial charge in [0.2, 0.25) is 0 Å². The van der Waals surface area contributed by atoms with Crippen LogP contribution in [-0.4, -0.2) is 52.4 Å². The highest BCUT2D eigenvalue weighted by molar-refractivity contribution is 6.08. The molecule has 0 spiro atoms. The molecule has 0 aliphatic carbocycles. The maximum atomic E-state index is 12.6. The van der Waals surface area contributed by atoms with Crippen molar-refractivity contribution in [1.29, 1.82) is 0 Å². The predicted octanol–water partition coefficient (Wildman–Crippen LogP) is 0.941. The molecule has 178 valence electrons. The van der Waals surface area contributed by atoms with Crippen LogP contribution < -0.4 is 20.9 Å². The number of hydroxylamine groups is 1. The van der Waals surface area contributed by atoms with Gasteiger partial charge in [0.15, 0.2) is 6.04 Å². The molecule has 0 fully saturated rings. The summed E-state index contributed by atoms with van der Waals surface area (Å²) in [5.74, 6) is -1.43. The number of ether oxygens (including phenoxy) is 1. The molecule has 5 N–H and O–H groups in total. The number of nitrogens with zero attached hydrogens (tertiary/aromatic N) is 1. The van der Waals surface area contributed by atoms with E-state index in [-0.39, 0.29) is 25.3 Å². The predicted molar refractivity (Wildman–Crippen MR) is 119 cm³/mol. The Morgan fingerprint density at radius 1 is 1.03 bits per heavy atom. The highest BCUT2D eigenvalue weighted by Gasteiger charge is 2.28. The first-order valence-electron chi connectivity index (χ1n) is 10.3. The van der Waals surface area contributed by atoms with Crippen molar-refractivity contribution < 1.29 is 34.0 Å². The number of amides is 3. The zero-order valence-corrected chi connectivity index (χ0v) is 18.3. The molecule has 0 saturated carbocycles.